The number of fused-ring (bicyclic) bond motifs is 4. The van der Waals surface area contributed by atoms with E-state index in [2.05, 4.69) is 10.6 Å². The van der Waals surface area contributed by atoms with Gasteiger partial charge in [0.05, 0.1) is 0 Å². The number of rotatable bonds is 4. The van der Waals surface area contributed by atoms with Crippen molar-refractivity contribution in [3.63, 3.8) is 0 Å². The van der Waals surface area contributed by atoms with Crippen molar-refractivity contribution in [3.05, 3.63) is 35.9 Å². The number of piperidine rings is 1. The van der Waals surface area contributed by atoms with E-state index in [1.54, 1.807) is 4.90 Å². The Morgan fingerprint density at radius 1 is 0.795 bits per heavy atom. The smallest absolute Gasteiger partial charge is 0.410 e. The Kier molecular flexibility index (Phi) is 16.4. The second-order valence-electron chi connectivity index (χ2n) is 13.8. The van der Waals surface area contributed by atoms with Gasteiger partial charge in [-0.05, 0) is 97.0 Å². The summed E-state index contributed by atoms with van der Waals surface area (Å²) < 4.78 is 16.0. The van der Waals surface area contributed by atoms with E-state index in [9.17, 15) is 14.4 Å². The van der Waals surface area contributed by atoms with Crippen molar-refractivity contribution in [3.8, 4) is 0 Å². The van der Waals surface area contributed by atoms with Crippen LogP contribution in [0.15, 0.2) is 30.3 Å². The first-order chi connectivity index (χ1) is 18.8. The van der Waals surface area contributed by atoms with Crippen molar-refractivity contribution in [1.82, 2.24) is 15.5 Å². The Morgan fingerprint density at radius 3 is 1.77 bits per heavy atom. The second kappa shape index (κ2) is 17.3. The van der Waals surface area contributed by atoms with Crippen molar-refractivity contribution < 1.29 is 60.0 Å². The van der Waals surface area contributed by atoms with Crippen molar-refractivity contribution in [1.29, 1.82) is 0 Å². The fourth-order valence-corrected chi connectivity index (χ4v) is 6.50. The Labute approximate surface area is 276 Å². The molecule has 0 radical (unpaired) electrons. The third-order valence-corrected chi connectivity index (χ3v) is 8.12. The molecule has 1 aromatic rings. The quantitative estimate of drug-likeness (QED) is 0.329. The topological polar surface area (TPSA) is 169 Å². The van der Waals surface area contributed by atoms with E-state index in [4.69, 9.17) is 14.2 Å². The summed E-state index contributed by atoms with van der Waals surface area (Å²) in [5.74, 6) is 1.83. The molecule has 256 valence electrons. The number of amides is 3. The summed E-state index contributed by atoms with van der Waals surface area (Å²) in [5.41, 5.74) is 0.0844. The second-order valence-corrected chi connectivity index (χ2v) is 13.8. The van der Waals surface area contributed by atoms with Crippen LogP contribution < -0.4 is 10.6 Å². The summed E-state index contributed by atoms with van der Waals surface area (Å²) in [4.78, 5) is 37.6. The average molecular weight is 716 g/mol. The molecule has 4 fully saturated rings. The fraction of sp³-hybridized carbons (Fsp3) is 0.719. The van der Waals surface area contributed by atoms with Crippen LogP contribution in [0.4, 0.5) is 14.4 Å². The van der Waals surface area contributed by atoms with Crippen molar-refractivity contribution in [2.24, 2.45) is 17.8 Å². The average Bonchev–Trinajstić information content (AvgIpc) is 3.63. The fourth-order valence-electron chi connectivity index (χ4n) is 6.50. The van der Waals surface area contributed by atoms with Gasteiger partial charge in [0.15, 0.2) is 0 Å². The van der Waals surface area contributed by atoms with Gasteiger partial charge in [0.25, 0.3) is 0 Å². The van der Waals surface area contributed by atoms with Crippen LogP contribution in [0.3, 0.4) is 0 Å². The number of ether oxygens (including phenoxy) is 3. The minimum absolute atomic E-state index is 0. The van der Waals surface area contributed by atoms with E-state index >= 15 is 0 Å². The van der Waals surface area contributed by atoms with E-state index in [1.165, 1.54) is 19.3 Å². The van der Waals surface area contributed by atoms with Gasteiger partial charge in [-0.1, -0.05) is 44.2 Å². The largest absolute Gasteiger partial charge is 0.445 e. The number of hydrogen-bond acceptors (Lipinski definition) is 6. The van der Waals surface area contributed by atoms with Crippen LogP contribution in [0.1, 0.15) is 93.1 Å². The molecule has 1 aromatic carbocycles. The minimum Gasteiger partial charge on any atom is -0.445 e. The summed E-state index contributed by atoms with van der Waals surface area (Å²) in [7, 11) is 0. The SMILES string of the molecule is C.CC(C)(C)OC(=O)N[C@@H]1C[C@@H]2CC[C@H]1C2.CC(C)(C)OC(=O)N[C@@H]1C[C@H]2C[C@@H]1CN2C(=O)OCc1ccccc1.O.O.[Pd]. The number of hydrogen-bond donors (Lipinski definition) is 2. The number of alkyl carbamates (subject to hydrolysis) is 2. The third kappa shape index (κ3) is 12.2. The van der Waals surface area contributed by atoms with Crippen LogP contribution in [0.2, 0.25) is 0 Å². The van der Waals surface area contributed by atoms with Crippen LogP contribution in [0.5, 0.6) is 0 Å². The normalized spacial score (nSPS) is 25.8. The van der Waals surface area contributed by atoms with E-state index in [-0.39, 0.29) is 87.3 Å². The predicted octanol–water partition coefficient (Wildman–Crippen LogP) is 4.99. The van der Waals surface area contributed by atoms with Gasteiger partial charge < -0.3 is 40.7 Å². The molecular weight excluding hydrogens is 661 g/mol. The zero-order valence-electron chi connectivity index (χ0n) is 26.2. The molecule has 1 aliphatic heterocycles. The monoisotopic (exact) mass is 715 g/mol. The molecule has 6 atom stereocenters. The van der Waals surface area contributed by atoms with Crippen molar-refractivity contribution in [2.75, 3.05) is 6.54 Å². The van der Waals surface area contributed by atoms with Gasteiger partial charge in [-0.25, -0.2) is 14.4 Å². The molecule has 3 aliphatic carbocycles. The number of likely N-dealkylation sites (tertiary alicyclic amines) is 1. The summed E-state index contributed by atoms with van der Waals surface area (Å²) in [6.45, 7) is 12.1. The van der Waals surface area contributed by atoms with Crippen molar-refractivity contribution >= 4 is 18.3 Å². The molecule has 44 heavy (non-hydrogen) atoms. The predicted molar refractivity (Wildman–Crippen MR) is 166 cm³/mol. The summed E-state index contributed by atoms with van der Waals surface area (Å²) >= 11 is 0. The first-order valence-corrected chi connectivity index (χ1v) is 14.7. The number of nitrogens with zero attached hydrogens (tertiary/aromatic N) is 1. The molecular formula is C32H55N3O8Pd. The zero-order chi connectivity index (χ0) is 29.1. The van der Waals surface area contributed by atoms with E-state index < -0.39 is 5.60 Å². The van der Waals surface area contributed by atoms with Gasteiger partial charge in [0.1, 0.15) is 17.8 Å². The molecule has 3 saturated carbocycles. The van der Waals surface area contributed by atoms with E-state index in [0.29, 0.717) is 18.5 Å². The van der Waals surface area contributed by atoms with Gasteiger partial charge in [-0.3, -0.25) is 0 Å². The molecule has 3 amide bonds. The number of carbonyl (C=O) groups is 3. The number of carbonyl (C=O) groups excluding carboxylic acids is 3. The van der Waals surface area contributed by atoms with E-state index in [1.807, 2.05) is 71.9 Å². The Balaban J connectivity index is 0.000000848. The van der Waals surface area contributed by atoms with E-state index in [0.717, 1.165) is 30.7 Å². The standard InChI is InChI=1S/C19H26N2O4.C12H21NO2.CH4.2H2O.Pd/c1-19(2,3)25-17(22)20-16-10-15-9-14(16)11-21(15)18(23)24-12-13-7-5-4-6-8-13;1-12(2,3)15-11(14)13-10-7-8-4-5-9(10)6-8;;;;/h4-8,14-16H,9-12H2,1-3H3,(H,20,22);8-10H,4-7H2,1-3H3,(H,13,14);1H4;2*1H2;/t14-,15-,16-;8-,9+,10-;;;;/m11..../s1. The van der Waals surface area contributed by atoms with Crippen LogP contribution in [0, 0.1) is 17.8 Å². The number of nitrogens with one attached hydrogen (secondary N) is 2. The molecule has 11 nitrogen and oxygen atoms in total. The van der Waals surface area contributed by atoms with Crippen LogP contribution in [-0.2, 0) is 41.2 Å². The van der Waals surface area contributed by atoms with Crippen LogP contribution in [-0.4, -0.2) is 70.0 Å². The molecule has 0 aromatic heterocycles. The Bertz CT molecular complexity index is 1050. The summed E-state index contributed by atoms with van der Waals surface area (Å²) in [6.07, 6.45) is 5.85. The molecule has 0 unspecified atom stereocenters. The Hall–Kier alpha value is -2.39. The van der Waals surface area contributed by atoms with Crippen LogP contribution in [0.25, 0.3) is 0 Å². The third-order valence-electron chi connectivity index (χ3n) is 8.12. The molecule has 5 rings (SSSR count). The first kappa shape index (κ1) is 41.6. The molecule has 1 saturated heterocycles. The Morgan fingerprint density at radius 2 is 1.34 bits per heavy atom. The minimum atomic E-state index is -0.505. The van der Waals surface area contributed by atoms with Gasteiger partial charge in [-0.2, -0.15) is 0 Å². The first-order valence-electron chi connectivity index (χ1n) is 14.7. The maximum absolute atomic E-state index is 12.3. The summed E-state index contributed by atoms with van der Waals surface area (Å²) in [5, 5.41) is 5.95. The number of benzene rings is 1. The molecule has 1 heterocycles. The van der Waals surface area contributed by atoms with Gasteiger partial charge in [0, 0.05) is 45.1 Å². The van der Waals surface area contributed by atoms with Gasteiger partial charge in [0.2, 0.25) is 0 Å². The zero-order valence-corrected chi connectivity index (χ0v) is 27.8. The maximum Gasteiger partial charge on any atom is 0.410 e. The maximum atomic E-state index is 12.3. The van der Waals surface area contributed by atoms with Gasteiger partial charge in [-0.15, -0.1) is 0 Å². The van der Waals surface area contributed by atoms with Crippen molar-refractivity contribution in [2.45, 2.75) is 123 Å². The van der Waals surface area contributed by atoms with Crippen LogP contribution >= 0.6 is 0 Å². The molecule has 0 spiro atoms. The molecule has 6 N–H and O–H groups in total. The summed E-state index contributed by atoms with van der Waals surface area (Å²) in [6, 6.07) is 10.2. The molecule has 4 aliphatic rings. The molecule has 4 bridgehead atoms. The molecule has 12 heteroatoms. The van der Waals surface area contributed by atoms with Gasteiger partial charge >= 0.3 is 18.3 Å².